The number of rotatable bonds is 4. The van der Waals surface area contributed by atoms with Gasteiger partial charge in [0.2, 0.25) is 0 Å². The first kappa shape index (κ1) is 27.1. The van der Waals surface area contributed by atoms with Crippen molar-refractivity contribution in [3.63, 3.8) is 0 Å². The average molecular weight is 512 g/mol. The Morgan fingerprint density at radius 2 is 1.73 bits per heavy atom. The van der Waals surface area contributed by atoms with Crippen LogP contribution in [-0.4, -0.2) is 54.5 Å². The van der Waals surface area contributed by atoms with Crippen molar-refractivity contribution >= 4 is 30.3 Å². The van der Waals surface area contributed by atoms with Crippen LogP contribution >= 0.6 is 0 Å². The minimum absolute atomic E-state index is 0.101. The third-order valence-corrected chi connectivity index (χ3v) is 7.05. The van der Waals surface area contributed by atoms with Crippen molar-refractivity contribution < 1.29 is 32.8 Å². The molecule has 0 amide bonds. The first-order chi connectivity index (χ1) is 17.1. The maximum absolute atomic E-state index is 14.1. The van der Waals surface area contributed by atoms with Gasteiger partial charge in [-0.3, -0.25) is 0 Å². The number of methoxy groups -OCH3 is 1. The van der Waals surface area contributed by atoms with Crippen LogP contribution in [0.15, 0.2) is 24.3 Å². The van der Waals surface area contributed by atoms with Crippen molar-refractivity contribution in [2.24, 2.45) is 0 Å². The van der Waals surface area contributed by atoms with Crippen LogP contribution in [0.3, 0.4) is 0 Å². The van der Waals surface area contributed by atoms with Crippen LogP contribution in [0.1, 0.15) is 80.4 Å². The van der Waals surface area contributed by atoms with E-state index in [0.29, 0.717) is 36.4 Å². The maximum Gasteiger partial charge on any atom is 0.497 e. The second-order valence-electron chi connectivity index (χ2n) is 11.5. The Labute approximate surface area is 217 Å². The molecule has 8 nitrogen and oxygen atoms in total. The molecule has 37 heavy (non-hydrogen) atoms. The number of hydrogen-bond donors (Lipinski definition) is 0. The summed E-state index contributed by atoms with van der Waals surface area (Å²) < 4.78 is 37.1. The number of esters is 2. The van der Waals surface area contributed by atoms with Crippen LogP contribution in [0.25, 0.3) is 0 Å². The summed E-state index contributed by atoms with van der Waals surface area (Å²) in [6.45, 7) is 14.0. The molecule has 0 spiro atoms. The van der Waals surface area contributed by atoms with Gasteiger partial charge in [-0.2, -0.15) is 0 Å². The van der Waals surface area contributed by atoms with Gasteiger partial charge in [-0.1, -0.05) is 6.07 Å². The van der Waals surface area contributed by atoms with Crippen LogP contribution in [0.5, 0.6) is 0 Å². The van der Waals surface area contributed by atoms with Crippen molar-refractivity contribution in [2.45, 2.75) is 78.2 Å². The van der Waals surface area contributed by atoms with E-state index < -0.39 is 41.7 Å². The predicted molar refractivity (Wildman–Crippen MR) is 138 cm³/mol. The predicted octanol–water partition coefficient (Wildman–Crippen LogP) is 3.82. The van der Waals surface area contributed by atoms with Crippen LogP contribution in [0.4, 0.5) is 10.2 Å². The Morgan fingerprint density at radius 3 is 2.32 bits per heavy atom. The summed E-state index contributed by atoms with van der Waals surface area (Å²) in [5.41, 5.74) is 0.257. The van der Waals surface area contributed by atoms with Gasteiger partial charge in [0.15, 0.2) is 5.69 Å². The molecule has 2 aromatic rings. The number of aromatic nitrogens is 1. The van der Waals surface area contributed by atoms with E-state index in [-0.39, 0.29) is 11.3 Å². The van der Waals surface area contributed by atoms with Gasteiger partial charge in [0.25, 0.3) is 0 Å². The zero-order chi connectivity index (χ0) is 27.3. The quantitative estimate of drug-likeness (QED) is 0.452. The highest BCUT2D eigenvalue weighted by Gasteiger charge is 2.53. The zero-order valence-corrected chi connectivity index (χ0v) is 22.7. The minimum Gasteiger partial charge on any atom is -0.465 e. The molecule has 3 heterocycles. The highest BCUT2D eigenvalue weighted by molar-refractivity contribution is 6.63. The molecule has 1 aromatic carbocycles. The number of ether oxygens (including phenoxy) is 2. The Bertz CT molecular complexity index is 1220. The monoisotopic (exact) mass is 512 g/mol. The van der Waals surface area contributed by atoms with Crippen LogP contribution in [-0.2, 0) is 31.7 Å². The summed E-state index contributed by atoms with van der Waals surface area (Å²) in [6.07, 6.45) is 0.500. The molecular weight excluding hydrogens is 478 g/mol. The number of benzene rings is 1. The van der Waals surface area contributed by atoms with Gasteiger partial charge in [-0.25, -0.2) is 19.0 Å². The number of pyridine rings is 1. The van der Waals surface area contributed by atoms with Crippen molar-refractivity contribution in [3.8, 4) is 0 Å². The third kappa shape index (κ3) is 5.36. The molecule has 0 saturated carbocycles. The van der Waals surface area contributed by atoms with Gasteiger partial charge in [-0.15, -0.1) is 0 Å². The van der Waals surface area contributed by atoms with E-state index in [4.69, 9.17) is 23.8 Å². The fourth-order valence-corrected chi connectivity index (χ4v) is 4.40. The molecule has 0 N–H and O–H groups in total. The summed E-state index contributed by atoms with van der Waals surface area (Å²) in [7, 11) is 0.466. The SMILES string of the molecule is COC(=O)c1cc(F)cc2c1CN(c1ccc(B3OC(C)(C)C(C)(C)O3)c(C(=O)OC(C)(C)C)n1)CC2. The number of carbonyl (C=O) groups is 2. The van der Waals surface area contributed by atoms with Crippen molar-refractivity contribution in [3.05, 3.63) is 52.5 Å². The lowest BCUT2D eigenvalue weighted by Gasteiger charge is -2.32. The van der Waals surface area contributed by atoms with Gasteiger partial charge in [0.05, 0.1) is 23.9 Å². The van der Waals surface area contributed by atoms with E-state index in [9.17, 15) is 14.0 Å². The number of fused-ring (bicyclic) bond motifs is 1. The topological polar surface area (TPSA) is 87.2 Å². The zero-order valence-electron chi connectivity index (χ0n) is 22.7. The molecule has 2 aliphatic heterocycles. The van der Waals surface area contributed by atoms with Crippen molar-refractivity contribution in [1.82, 2.24) is 4.98 Å². The van der Waals surface area contributed by atoms with E-state index in [0.717, 1.165) is 5.56 Å². The molecule has 1 saturated heterocycles. The van der Waals surface area contributed by atoms with Gasteiger partial charge >= 0.3 is 19.1 Å². The number of carbonyl (C=O) groups excluding carboxylic acids is 2. The largest absolute Gasteiger partial charge is 0.497 e. The van der Waals surface area contributed by atoms with Crippen LogP contribution in [0, 0.1) is 5.82 Å². The first-order valence-electron chi connectivity index (χ1n) is 12.4. The summed E-state index contributed by atoms with van der Waals surface area (Å²) in [6, 6.07) is 6.20. The standard InChI is InChI=1S/C27H34BFN2O6/c1-25(2,3)35-24(33)22-20(28-36-26(4,5)27(6,7)37-28)9-10-21(30-22)31-12-11-16-13-17(29)14-18(19(16)15-31)23(32)34-8/h9-10,13-14H,11-12,15H2,1-8H3. The summed E-state index contributed by atoms with van der Waals surface area (Å²) in [5.74, 6) is -1.15. The maximum atomic E-state index is 14.1. The molecule has 1 aromatic heterocycles. The highest BCUT2D eigenvalue weighted by atomic mass is 19.1. The lowest BCUT2D eigenvalue weighted by molar-refractivity contribution is 0.00578. The average Bonchev–Trinajstić information content (AvgIpc) is 3.02. The van der Waals surface area contributed by atoms with E-state index >= 15 is 0 Å². The lowest BCUT2D eigenvalue weighted by atomic mass is 9.77. The molecule has 10 heteroatoms. The third-order valence-electron chi connectivity index (χ3n) is 7.05. The van der Waals surface area contributed by atoms with E-state index in [2.05, 4.69) is 0 Å². The fourth-order valence-electron chi connectivity index (χ4n) is 4.40. The second kappa shape index (κ2) is 9.40. The Hall–Kier alpha value is -2.98. The number of halogens is 1. The summed E-state index contributed by atoms with van der Waals surface area (Å²) in [4.78, 5) is 32.3. The summed E-state index contributed by atoms with van der Waals surface area (Å²) >= 11 is 0. The first-order valence-corrected chi connectivity index (χ1v) is 12.4. The lowest BCUT2D eigenvalue weighted by Crippen LogP contribution is -2.41. The van der Waals surface area contributed by atoms with Crippen molar-refractivity contribution in [1.29, 1.82) is 0 Å². The Kier molecular flexibility index (Phi) is 6.88. The van der Waals surface area contributed by atoms with Crippen LogP contribution < -0.4 is 10.4 Å². The van der Waals surface area contributed by atoms with Gasteiger partial charge < -0.3 is 23.7 Å². The Balaban J connectivity index is 1.73. The second-order valence-corrected chi connectivity index (χ2v) is 11.5. The molecular formula is C27H34BFN2O6. The van der Waals surface area contributed by atoms with Gasteiger partial charge in [-0.05, 0) is 84.2 Å². The number of hydrogen-bond acceptors (Lipinski definition) is 8. The summed E-state index contributed by atoms with van der Waals surface area (Å²) in [5, 5.41) is 0. The smallest absolute Gasteiger partial charge is 0.465 e. The van der Waals surface area contributed by atoms with E-state index in [1.807, 2.05) is 32.6 Å². The van der Waals surface area contributed by atoms with Crippen molar-refractivity contribution in [2.75, 3.05) is 18.6 Å². The van der Waals surface area contributed by atoms with Gasteiger partial charge in [0, 0.05) is 18.6 Å². The molecule has 198 valence electrons. The number of anilines is 1. The normalized spacial score (nSPS) is 18.4. The molecule has 1 fully saturated rings. The number of nitrogens with zero attached hydrogens (tertiary/aromatic N) is 2. The molecule has 0 bridgehead atoms. The minimum atomic E-state index is -0.801. The van der Waals surface area contributed by atoms with E-state index in [1.165, 1.54) is 19.2 Å². The molecule has 0 radical (unpaired) electrons. The van der Waals surface area contributed by atoms with Crippen LogP contribution in [0.2, 0.25) is 0 Å². The Morgan fingerprint density at radius 1 is 1.08 bits per heavy atom. The highest BCUT2D eigenvalue weighted by Crippen LogP contribution is 2.37. The molecule has 0 aliphatic carbocycles. The molecule has 4 rings (SSSR count). The fraction of sp³-hybridized carbons (Fsp3) is 0.519. The van der Waals surface area contributed by atoms with E-state index in [1.54, 1.807) is 32.9 Å². The molecule has 0 unspecified atom stereocenters. The molecule has 0 atom stereocenters. The molecule has 2 aliphatic rings. The van der Waals surface area contributed by atoms with Gasteiger partial charge in [0.1, 0.15) is 17.2 Å².